The molecule has 112 valence electrons. The summed E-state index contributed by atoms with van der Waals surface area (Å²) in [6, 6.07) is 9.61. The monoisotopic (exact) mass is 322 g/mol. The van der Waals surface area contributed by atoms with Gasteiger partial charge in [0.1, 0.15) is 6.54 Å². The predicted molar refractivity (Wildman–Crippen MR) is 87.2 cm³/mol. The first-order valence-electron chi connectivity index (χ1n) is 7.21. The number of nitriles is 1. The highest BCUT2D eigenvalue weighted by Crippen LogP contribution is 2.42. The molecule has 0 bridgehead atoms. The summed E-state index contributed by atoms with van der Waals surface area (Å²) in [6.07, 6.45) is 4.04. The van der Waals surface area contributed by atoms with Crippen LogP contribution in [0.2, 0.25) is 5.02 Å². The van der Waals surface area contributed by atoms with E-state index in [2.05, 4.69) is 5.32 Å². The Bertz CT molecular complexity index is 526. The zero-order valence-electron chi connectivity index (χ0n) is 11.8. The average Bonchev–Trinajstić information content (AvgIpc) is 2.52. The van der Waals surface area contributed by atoms with Gasteiger partial charge in [-0.3, -0.25) is 4.79 Å². The molecule has 0 heterocycles. The molecule has 1 amide bonds. The van der Waals surface area contributed by atoms with Crippen molar-refractivity contribution in [3.05, 3.63) is 34.9 Å². The smallest absolute Gasteiger partial charge is 0.224 e. The topological polar surface area (TPSA) is 52.9 Å². The van der Waals surface area contributed by atoms with Gasteiger partial charge in [-0.15, -0.1) is 0 Å². The molecule has 3 atom stereocenters. The summed E-state index contributed by atoms with van der Waals surface area (Å²) < 4.78 is 0. The van der Waals surface area contributed by atoms with Crippen LogP contribution in [-0.4, -0.2) is 12.5 Å². The van der Waals surface area contributed by atoms with E-state index >= 15 is 0 Å². The highest BCUT2D eigenvalue weighted by molar-refractivity contribution is 7.80. The molecule has 1 saturated carbocycles. The molecular formula is C16H19ClN2OS. The van der Waals surface area contributed by atoms with Crippen LogP contribution < -0.4 is 5.32 Å². The quantitative estimate of drug-likeness (QED) is 0.655. The number of hydrogen-bond acceptors (Lipinski definition) is 3. The SMILES string of the molecule is N#CCNC(=O)[C@H]1CCCC[C@@H]1C(S)c1ccc(Cl)cc1. The van der Waals surface area contributed by atoms with Crippen molar-refractivity contribution in [1.29, 1.82) is 5.26 Å². The molecule has 21 heavy (non-hydrogen) atoms. The van der Waals surface area contributed by atoms with Gasteiger partial charge in [-0.1, -0.05) is 36.6 Å². The number of nitrogens with zero attached hydrogens (tertiary/aromatic N) is 1. The first kappa shape index (κ1) is 16.2. The number of carbonyl (C=O) groups excluding carboxylic acids is 1. The van der Waals surface area contributed by atoms with Crippen molar-refractivity contribution in [2.24, 2.45) is 11.8 Å². The molecule has 1 aliphatic carbocycles. The van der Waals surface area contributed by atoms with Crippen molar-refractivity contribution in [2.45, 2.75) is 30.9 Å². The van der Waals surface area contributed by atoms with Crippen LogP contribution in [0, 0.1) is 23.2 Å². The van der Waals surface area contributed by atoms with Crippen LogP contribution >= 0.6 is 24.2 Å². The van der Waals surface area contributed by atoms with Crippen LogP contribution in [0.1, 0.15) is 36.5 Å². The Morgan fingerprint density at radius 2 is 2.05 bits per heavy atom. The molecule has 1 aromatic carbocycles. The molecule has 0 aromatic heterocycles. The molecule has 1 fully saturated rings. The van der Waals surface area contributed by atoms with Gasteiger partial charge >= 0.3 is 0 Å². The minimum Gasteiger partial charge on any atom is -0.343 e. The van der Waals surface area contributed by atoms with E-state index in [0.29, 0.717) is 5.02 Å². The number of thiol groups is 1. The molecule has 0 spiro atoms. The highest BCUT2D eigenvalue weighted by Gasteiger charge is 2.35. The lowest BCUT2D eigenvalue weighted by molar-refractivity contribution is -0.127. The second kappa shape index (κ2) is 7.72. The zero-order valence-corrected chi connectivity index (χ0v) is 13.4. The zero-order chi connectivity index (χ0) is 15.2. The molecule has 0 saturated heterocycles. The fourth-order valence-electron chi connectivity index (χ4n) is 3.03. The van der Waals surface area contributed by atoms with Gasteiger partial charge in [-0.2, -0.15) is 17.9 Å². The Morgan fingerprint density at radius 3 is 2.71 bits per heavy atom. The van der Waals surface area contributed by atoms with Crippen LogP contribution in [0.15, 0.2) is 24.3 Å². The van der Waals surface area contributed by atoms with E-state index in [0.717, 1.165) is 31.2 Å². The van der Waals surface area contributed by atoms with E-state index < -0.39 is 0 Å². The third kappa shape index (κ3) is 4.15. The standard InChI is InChI=1S/C16H19ClN2OS/c17-12-7-5-11(6-8-12)15(21)13-3-1-2-4-14(13)16(20)19-10-9-18/h5-8,13-15,21H,1-4,10H2,(H,19,20)/t13-,14-,15?/m0/s1. The number of carbonyl (C=O) groups is 1. The van der Waals surface area contributed by atoms with E-state index in [1.807, 2.05) is 30.3 Å². The fourth-order valence-corrected chi connectivity index (χ4v) is 3.68. The lowest BCUT2D eigenvalue weighted by atomic mass is 9.75. The lowest BCUT2D eigenvalue weighted by Gasteiger charge is -2.34. The van der Waals surface area contributed by atoms with Crippen molar-refractivity contribution in [3.63, 3.8) is 0 Å². The second-order valence-corrected chi connectivity index (χ2v) is 6.42. The molecule has 3 nitrogen and oxygen atoms in total. The van der Waals surface area contributed by atoms with Crippen molar-refractivity contribution >= 4 is 30.1 Å². The number of halogens is 1. The van der Waals surface area contributed by atoms with Crippen molar-refractivity contribution in [1.82, 2.24) is 5.32 Å². The molecule has 0 aliphatic heterocycles. The number of amides is 1. The van der Waals surface area contributed by atoms with E-state index in [-0.39, 0.29) is 29.5 Å². The van der Waals surface area contributed by atoms with Gasteiger partial charge in [-0.25, -0.2) is 0 Å². The molecule has 1 unspecified atom stereocenters. The summed E-state index contributed by atoms with van der Waals surface area (Å²) in [4.78, 5) is 12.2. The number of hydrogen-bond donors (Lipinski definition) is 2. The van der Waals surface area contributed by atoms with Crippen LogP contribution in [0.25, 0.3) is 0 Å². The van der Waals surface area contributed by atoms with Gasteiger partial charge in [0.15, 0.2) is 0 Å². The summed E-state index contributed by atoms with van der Waals surface area (Å²) in [6.45, 7) is 0.0697. The number of benzene rings is 1. The third-order valence-corrected chi connectivity index (χ3v) is 5.05. The van der Waals surface area contributed by atoms with Gasteiger partial charge in [0.2, 0.25) is 5.91 Å². The van der Waals surface area contributed by atoms with Crippen molar-refractivity contribution < 1.29 is 4.79 Å². The Labute approximate surface area is 136 Å². The minimum atomic E-state index is -0.0646. The van der Waals surface area contributed by atoms with Crippen molar-refractivity contribution in [2.75, 3.05) is 6.54 Å². The molecule has 1 aliphatic rings. The maximum atomic E-state index is 12.2. The van der Waals surface area contributed by atoms with Crippen LogP contribution in [0.3, 0.4) is 0 Å². The van der Waals surface area contributed by atoms with E-state index in [4.69, 9.17) is 29.5 Å². The molecule has 2 rings (SSSR count). The van der Waals surface area contributed by atoms with Crippen LogP contribution in [0.4, 0.5) is 0 Å². The third-order valence-electron chi connectivity index (χ3n) is 4.11. The maximum absolute atomic E-state index is 12.2. The first-order valence-corrected chi connectivity index (χ1v) is 8.11. The summed E-state index contributed by atoms with van der Waals surface area (Å²) in [5.74, 6) is 0.112. The number of nitrogens with one attached hydrogen (secondary N) is 1. The summed E-state index contributed by atoms with van der Waals surface area (Å²) >= 11 is 10.7. The Morgan fingerprint density at radius 1 is 1.38 bits per heavy atom. The molecular weight excluding hydrogens is 304 g/mol. The molecule has 1 N–H and O–H groups in total. The Hall–Kier alpha value is -1.18. The molecule has 5 heteroatoms. The van der Waals surface area contributed by atoms with Gasteiger partial charge in [-0.05, 0) is 36.5 Å². The maximum Gasteiger partial charge on any atom is 0.224 e. The van der Waals surface area contributed by atoms with Crippen molar-refractivity contribution in [3.8, 4) is 6.07 Å². The lowest BCUT2D eigenvalue weighted by Crippen LogP contribution is -2.38. The Balaban J connectivity index is 2.12. The summed E-state index contributed by atoms with van der Waals surface area (Å²) in [5, 5.41) is 12.0. The molecule has 0 radical (unpaired) electrons. The largest absolute Gasteiger partial charge is 0.343 e. The first-order chi connectivity index (χ1) is 10.1. The second-order valence-electron chi connectivity index (χ2n) is 5.43. The number of rotatable bonds is 4. The van der Waals surface area contributed by atoms with Gasteiger partial charge in [0.05, 0.1) is 6.07 Å². The van der Waals surface area contributed by atoms with Crippen LogP contribution in [0.5, 0.6) is 0 Å². The minimum absolute atomic E-state index is 0.0143. The highest BCUT2D eigenvalue weighted by atomic mass is 35.5. The van der Waals surface area contributed by atoms with Crippen LogP contribution in [-0.2, 0) is 4.79 Å². The van der Waals surface area contributed by atoms with Gasteiger partial charge in [0, 0.05) is 16.2 Å². The van der Waals surface area contributed by atoms with E-state index in [9.17, 15) is 4.79 Å². The predicted octanol–water partition coefficient (Wildman–Crippen LogP) is 3.76. The fraction of sp³-hybridized carbons (Fsp3) is 0.500. The molecule has 1 aromatic rings. The van der Waals surface area contributed by atoms with Gasteiger partial charge < -0.3 is 5.32 Å². The summed E-state index contributed by atoms with van der Waals surface area (Å²) in [5.41, 5.74) is 1.09. The van der Waals surface area contributed by atoms with E-state index in [1.165, 1.54) is 0 Å². The summed E-state index contributed by atoms with van der Waals surface area (Å²) in [7, 11) is 0. The van der Waals surface area contributed by atoms with E-state index in [1.54, 1.807) is 0 Å². The normalized spacial score (nSPS) is 23.1. The van der Waals surface area contributed by atoms with Gasteiger partial charge in [0.25, 0.3) is 0 Å². The average molecular weight is 323 g/mol. The Kier molecular flexibility index (Phi) is 5.96.